The van der Waals surface area contributed by atoms with E-state index in [-0.39, 0.29) is 5.54 Å². The molecule has 4 heteroatoms. The molecule has 1 aromatic heterocycles. The molecule has 2 aliphatic rings. The molecule has 116 valence electrons. The van der Waals surface area contributed by atoms with Crippen LogP contribution in [0.5, 0.6) is 5.75 Å². The van der Waals surface area contributed by atoms with Crippen LogP contribution in [-0.2, 0) is 0 Å². The molecule has 1 atom stereocenters. The van der Waals surface area contributed by atoms with Gasteiger partial charge in [-0.1, -0.05) is 12.8 Å². The van der Waals surface area contributed by atoms with Crippen LogP contribution in [0.1, 0.15) is 57.1 Å². The smallest absolute Gasteiger partial charge is 0.137 e. The average molecular weight is 290 g/mol. The lowest BCUT2D eigenvalue weighted by Gasteiger charge is -2.42. The van der Waals surface area contributed by atoms with Crippen LogP contribution in [0.3, 0.4) is 0 Å². The summed E-state index contributed by atoms with van der Waals surface area (Å²) in [7, 11) is 0. The highest BCUT2D eigenvalue weighted by atomic mass is 16.5. The number of aliphatic hydroxyl groups excluding tert-OH is 1. The zero-order chi connectivity index (χ0) is 14.7. The Balaban J connectivity index is 1.86. The van der Waals surface area contributed by atoms with E-state index in [1.54, 1.807) is 12.4 Å². The van der Waals surface area contributed by atoms with Gasteiger partial charge in [-0.3, -0.25) is 9.88 Å². The molecule has 3 rings (SSSR count). The Morgan fingerprint density at radius 3 is 2.62 bits per heavy atom. The highest BCUT2D eigenvalue weighted by Crippen LogP contribution is 2.46. The van der Waals surface area contributed by atoms with Crippen molar-refractivity contribution in [3.05, 3.63) is 24.0 Å². The van der Waals surface area contributed by atoms with Crippen LogP contribution in [0.2, 0.25) is 0 Å². The maximum atomic E-state index is 11.1. The van der Waals surface area contributed by atoms with Crippen LogP contribution in [0, 0.1) is 0 Å². The molecular weight excluding hydrogens is 264 g/mol. The molecule has 1 aliphatic heterocycles. The van der Waals surface area contributed by atoms with E-state index in [1.165, 1.54) is 25.7 Å². The van der Waals surface area contributed by atoms with E-state index in [1.807, 2.05) is 13.0 Å². The fraction of sp³-hybridized carbons (Fsp3) is 0.706. The molecule has 0 spiro atoms. The second-order valence-electron chi connectivity index (χ2n) is 6.29. The summed E-state index contributed by atoms with van der Waals surface area (Å²) in [5.74, 6) is 0.753. The topological polar surface area (TPSA) is 45.6 Å². The highest BCUT2D eigenvalue weighted by molar-refractivity contribution is 5.28. The molecule has 2 fully saturated rings. The second-order valence-corrected chi connectivity index (χ2v) is 6.29. The normalized spacial score (nSPS) is 23.3. The Bertz CT molecular complexity index is 466. The number of likely N-dealkylation sites (tertiary alicyclic amines) is 1. The SMILES string of the molecule is CCOc1cncc(C(O)C2(N3CCCC3)CCCC2)c1. The lowest BCUT2D eigenvalue weighted by atomic mass is 9.85. The van der Waals surface area contributed by atoms with E-state index in [9.17, 15) is 5.11 Å². The van der Waals surface area contributed by atoms with Gasteiger partial charge in [0.2, 0.25) is 0 Å². The molecule has 4 nitrogen and oxygen atoms in total. The number of hydrogen-bond acceptors (Lipinski definition) is 4. The standard InChI is InChI=1S/C17H26N2O2/c1-2-21-15-11-14(12-18-13-15)16(20)17(7-3-4-8-17)19-9-5-6-10-19/h11-13,16,20H,2-10H2,1H3. The van der Waals surface area contributed by atoms with Crippen LogP contribution >= 0.6 is 0 Å². The zero-order valence-electron chi connectivity index (χ0n) is 12.9. The first-order chi connectivity index (χ1) is 10.3. The monoisotopic (exact) mass is 290 g/mol. The van der Waals surface area contributed by atoms with Gasteiger partial charge in [-0.05, 0) is 51.8 Å². The first-order valence-corrected chi connectivity index (χ1v) is 8.27. The molecule has 1 unspecified atom stereocenters. The quantitative estimate of drug-likeness (QED) is 0.905. The third-order valence-electron chi connectivity index (χ3n) is 5.08. The van der Waals surface area contributed by atoms with Gasteiger partial charge in [0.25, 0.3) is 0 Å². The van der Waals surface area contributed by atoms with Crippen molar-refractivity contribution in [2.75, 3.05) is 19.7 Å². The molecule has 0 bridgehead atoms. The number of aromatic nitrogens is 1. The molecule has 0 radical (unpaired) electrons. The minimum atomic E-state index is -0.467. The van der Waals surface area contributed by atoms with E-state index in [4.69, 9.17) is 4.74 Å². The molecule has 1 aromatic rings. The van der Waals surface area contributed by atoms with Gasteiger partial charge in [-0.15, -0.1) is 0 Å². The van der Waals surface area contributed by atoms with E-state index in [0.717, 1.165) is 37.2 Å². The van der Waals surface area contributed by atoms with Crippen molar-refractivity contribution in [1.82, 2.24) is 9.88 Å². The van der Waals surface area contributed by atoms with Crippen molar-refractivity contribution < 1.29 is 9.84 Å². The second kappa shape index (κ2) is 6.32. The third kappa shape index (κ3) is 2.79. The van der Waals surface area contributed by atoms with E-state index >= 15 is 0 Å². The Kier molecular flexibility index (Phi) is 4.45. The molecule has 1 saturated heterocycles. The maximum Gasteiger partial charge on any atom is 0.137 e. The minimum absolute atomic E-state index is 0.0803. The van der Waals surface area contributed by atoms with Crippen LogP contribution in [0.4, 0.5) is 0 Å². The number of rotatable bonds is 5. The first-order valence-electron chi connectivity index (χ1n) is 8.27. The Morgan fingerprint density at radius 1 is 1.24 bits per heavy atom. The molecule has 2 heterocycles. The van der Waals surface area contributed by atoms with Gasteiger partial charge in [0.15, 0.2) is 0 Å². The summed E-state index contributed by atoms with van der Waals surface area (Å²) in [6, 6.07) is 1.96. The van der Waals surface area contributed by atoms with Gasteiger partial charge in [-0.25, -0.2) is 0 Å². The summed E-state index contributed by atoms with van der Waals surface area (Å²) in [6.07, 6.45) is 10.2. The van der Waals surface area contributed by atoms with Gasteiger partial charge in [0.1, 0.15) is 5.75 Å². The fourth-order valence-electron chi connectivity index (χ4n) is 4.05. The summed E-state index contributed by atoms with van der Waals surface area (Å²) in [5.41, 5.74) is 0.818. The van der Waals surface area contributed by atoms with Gasteiger partial charge < -0.3 is 9.84 Å². The number of ether oxygens (including phenoxy) is 1. The Morgan fingerprint density at radius 2 is 1.95 bits per heavy atom. The largest absolute Gasteiger partial charge is 0.492 e. The first kappa shape index (κ1) is 14.8. The molecule has 1 saturated carbocycles. The highest BCUT2D eigenvalue weighted by Gasteiger charge is 2.46. The van der Waals surface area contributed by atoms with E-state index < -0.39 is 6.10 Å². The molecule has 21 heavy (non-hydrogen) atoms. The molecule has 0 amide bonds. The van der Waals surface area contributed by atoms with Crippen LogP contribution in [0.25, 0.3) is 0 Å². The average Bonchev–Trinajstić information content (AvgIpc) is 3.19. The Hall–Kier alpha value is -1.13. The summed E-state index contributed by atoms with van der Waals surface area (Å²) in [6.45, 7) is 4.83. The molecular formula is C17H26N2O2. The summed E-state index contributed by atoms with van der Waals surface area (Å²) in [4.78, 5) is 6.78. The molecule has 0 aromatic carbocycles. The van der Waals surface area contributed by atoms with Crippen molar-refractivity contribution in [1.29, 1.82) is 0 Å². The van der Waals surface area contributed by atoms with Crippen LogP contribution < -0.4 is 4.74 Å². The minimum Gasteiger partial charge on any atom is -0.492 e. The van der Waals surface area contributed by atoms with Crippen molar-refractivity contribution in [2.24, 2.45) is 0 Å². The molecule has 1 aliphatic carbocycles. The van der Waals surface area contributed by atoms with Crippen LogP contribution in [-0.4, -0.2) is 40.2 Å². The van der Waals surface area contributed by atoms with Crippen molar-refractivity contribution in [3.63, 3.8) is 0 Å². The Labute approximate surface area is 127 Å². The maximum absolute atomic E-state index is 11.1. The zero-order valence-corrected chi connectivity index (χ0v) is 12.9. The fourth-order valence-corrected chi connectivity index (χ4v) is 4.05. The summed E-state index contributed by atoms with van der Waals surface area (Å²) >= 11 is 0. The van der Waals surface area contributed by atoms with Gasteiger partial charge in [0.05, 0.1) is 24.4 Å². The predicted octanol–water partition coefficient (Wildman–Crippen LogP) is 2.92. The number of aliphatic hydroxyl groups is 1. The lowest BCUT2D eigenvalue weighted by Crippen LogP contribution is -2.49. The van der Waals surface area contributed by atoms with Crippen LogP contribution in [0.15, 0.2) is 18.5 Å². The number of hydrogen-bond donors (Lipinski definition) is 1. The van der Waals surface area contributed by atoms with E-state index in [2.05, 4.69) is 9.88 Å². The van der Waals surface area contributed by atoms with Gasteiger partial charge >= 0.3 is 0 Å². The number of nitrogens with zero attached hydrogens (tertiary/aromatic N) is 2. The molecule has 1 N–H and O–H groups in total. The van der Waals surface area contributed by atoms with Crippen molar-refractivity contribution in [3.8, 4) is 5.75 Å². The van der Waals surface area contributed by atoms with Crippen molar-refractivity contribution in [2.45, 2.75) is 57.1 Å². The third-order valence-corrected chi connectivity index (χ3v) is 5.08. The van der Waals surface area contributed by atoms with Crippen molar-refractivity contribution >= 4 is 0 Å². The summed E-state index contributed by atoms with van der Waals surface area (Å²) in [5, 5.41) is 11.1. The van der Waals surface area contributed by atoms with Gasteiger partial charge in [0, 0.05) is 11.8 Å². The lowest BCUT2D eigenvalue weighted by molar-refractivity contribution is -0.0198. The predicted molar refractivity (Wildman–Crippen MR) is 82.4 cm³/mol. The van der Waals surface area contributed by atoms with Gasteiger partial charge in [-0.2, -0.15) is 0 Å². The number of pyridine rings is 1. The van der Waals surface area contributed by atoms with E-state index in [0.29, 0.717) is 6.61 Å². The summed E-state index contributed by atoms with van der Waals surface area (Å²) < 4.78 is 5.53.